The molecule has 0 saturated heterocycles. The molecule has 0 spiro atoms. The van der Waals surface area contributed by atoms with E-state index in [0.29, 0.717) is 10.9 Å². The van der Waals surface area contributed by atoms with Crippen LogP contribution >= 0.6 is 0 Å². The second-order valence-electron chi connectivity index (χ2n) is 5.03. The number of para-hydroxylation sites is 1. The Balaban J connectivity index is 2.07. The lowest BCUT2D eigenvalue weighted by molar-refractivity contribution is 0.0696. The summed E-state index contributed by atoms with van der Waals surface area (Å²) < 4.78 is 12.9. The number of fused-ring (bicyclic) bond motifs is 1. The van der Waals surface area contributed by atoms with Gasteiger partial charge in [-0.1, -0.05) is 30.3 Å². The smallest absolute Gasteiger partial charge is 0.343 e. The normalized spacial score (nSPS) is 10.7. The Labute approximate surface area is 130 Å². The lowest BCUT2D eigenvalue weighted by Gasteiger charge is -2.12. The number of aromatic carboxylic acids is 1. The molecule has 1 heterocycles. The third kappa shape index (κ3) is 2.91. The van der Waals surface area contributed by atoms with E-state index in [1.54, 1.807) is 36.4 Å². The zero-order valence-electron chi connectivity index (χ0n) is 12.0. The number of hydrogen-bond acceptors (Lipinski definition) is 3. The second-order valence-corrected chi connectivity index (χ2v) is 5.03. The zero-order valence-corrected chi connectivity index (χ0v) is 12.0. The Kier molecular flexibility index (Phi) is 3.80. The Hall–Kier alpha value is -3.15. The van der Waals surface area contributed by atoms with Gasteiger partial charge < -0.3 is 15.4 Å². The second kappa shape index (κ2) is 5.92. The van der Waals surface area contributed by atoms with E-state index in [0.717, 1.165) is 5.56 Å². The molecule has 3 aromatic rings. The number of aromatic nitrogens is 1. The monoisotopic (exact) mass is 312 g/mol. The van der Waals surface area contributed by atoms with Gasteiger partial charge in [-0.05, 0) is 23.8 Å². The van der Waals surface area contributed by atoms with Crippen LogP contribution in [-0.2, 0) is 6.54 Å². The van der Waals surface area contributed by atoms with Crippen molar-refractivity contribution in [2.75, 3.05) is 5.32 Å². The molecule has 0 amide bonds. The van der Waals surface area contributed by atoms with Crippen LogP contribution in [0.25, 0.3) is 10.9 Å². The molecule has 0 aliphatic carbocycles. The lowest BCUT2D eigenvalue weighted by atomic mass is 10.1. The quantitative estimate of drug-likeness (QED) is 0.691. The average molecular weight is 312 g/mol. The van der Waals surface area contributed by atoms with E-state index in [-0.39, 0.29) is 23.6 Å². The van der Waals surface area contributed by atoms with Gasteiger partial charge in [-0.25, -0.2) is 9.18 Å². The predicted molar refractivity (Wildman–Crippen MR) is 85.3 cm³/mol. The molecule has 1 aromatic heterocycles. The van der Waals surface area contributed by atoms with E-state index >= 15 is 0 Å². The fourth-order valence-electron chi connectivity index (χ4n) is 2.42. The van der Waals surface area contributed by atoms with E-state index < -0.39 is 11.5 Å². The minimum atomic E-state index is -1.31. The van der Waals surface area contributed by atoms with Gasteiger partial charge in [-0.15, -0.1) is 0 Å². The molecule has 6 heteroatoms. The van der Waals surface area contributed by atoms with Crippen molar-refractivity contribution in [1.82, 2.24) is 4.98 Å². The van der Waals surface area contributed by atoms with E-state index in [1.165, 1.54) is 12.1 Å². The van der Waals surface area contributed by atoms with Crippen molar-refractivity contribution in [3.63, 3.8) is 0 Å². The first-order valence-electron chi connectivity index (χ1n) is 6.93. The Bertz CT molecular complexity index is 933. The Morgan fingerprint density at radius 1 is 1.13 bits per heavy atom. The van der Waals surface area contributed by atoms with Crippen LogP contribution in [-0.4, -0.2) is 16.1 Å². The van der Waals surface area contributed by atoms with Crippen molar-refractivity contribution in [3.05, 3.63) is 75.8 Å². The van der Waals surface area contributed by atoms with Gasteiger partial charge >= 0.3 is 5.97 Å². The van der Waals surface area contributed by atoms with Gasteiger partial charge in [0.15, 0.2) is 0 Å². The van der Waals surface area contributed by atoms with Gasteiger partial charge in [0.05, 0.1) is 11.2 Å². The van der Waals surface area contributed by atoms with Crippen molar-refractivity contribution in [2.24, 2.45) is 0 Å². The van der Waals surface area contributed by atoms with Gasteiger partial charge in [-0.3, -0.25) is 4.79 Å². The van der Waals surface area contributed by atoms with Crippen LogP contribution in [0.1, 0.15) is 15.9 Å². The standard InChI is InChI=1S/C17H13FN2O3/c18-11-7-5-10(6-8-11)9-19-15-12-3-1-2-4-13(12)20-16(21)14(15)17(22)23/h1-8H,9H2,(H,22,23)(H2,19,20,21). The summed E-state index contributed by atoms with van der Waals surface area (Å²) in [5.41, 5.74) is 0.556. The first-order chi connectivity index (χ1) is 11.1. The number of anilines is 1. The molecular formula is C17H13FN2O3. The van der Waals surface area contributed by atoms with E-state index in [4.69, 9.17) is 0 Å². The van der Waals surface area contributed by atoms with Crippen molar-refractivity contribution < 1.29 is 14.3 Å². The maximum absolute atomic E-state index is 12.9. The van der Waals surface area contributed by atoms with Crippen LogP contribution in [0.4, 0.5) is 10.1 Å². The topological polar surface area (TPSA) is 82.2 Å². The third-order valence-corrected chi connectivity index (χ3v) is 3.52. The summed E-state index contributed by atoms with van der Waals surface area (Å²) in [5, 5.41) is 12.9. The number of H-pyrrole nitrogens is 1. The molecule has 0 unspecified atom stereocenters. The van der Waals surface area contributed by atoms with E-state index in [9.17, 15) is 19.1 Å². The summed E-state index contributed by atoms with van der Waals surface area (Å²) in [6.45, 7) is 0.272. The largest absolute Gasteiger partial charge is 0.477 e. The number of nitrogens with one attached hydrogen (secondary N) is 2. The number of pyridine rings is 1. The number of carboxylic acids is 1. The zero-order chi connectivity index (χ0) is 16.4. The highest BCUT2D eigenvalue weighted by Gasteiger charge is 2.18. The first-order valence-corrected chi connectivity index (χ1v) is 6.93. The third-order valence-electron chi connectivity index (χ3n) is 3.52. The fourth-order valence-corrected chi connectivity index (χ4v) is 2.42. The van der Waals surface area contributed by atoms with E-state index in [1.807, 2.05) is 0 Å². The van der Waals surface area contributed by atoms with Crippen molar-refractivity contribution >= 4 is 22.6 Å². The molecule has 116 valence electrons. The molecule has 23 heavy (non-hydrogen) atoms. The number of halogens is 1. The summed E-state index contributed by atoms with van der Waals surface area (Å²) in [4.78, 5) is 26.0. The van der Waals surface area contributed by atoms with Crippen molar-refractivity contribution in [2.45, 2.75) is 6.54 Å². The molecule has 3 rings (SSSR count). The highest BCUT2D eigenvalue weighted by Crippen LogP contribution is 2.24. The highest BCUT2D eigenvalue weighted by molar-refractivity contribution is 6.04. The maximum atomic E-state index is 12.9. The van der Waals surface area contributed by atoms with Gasteiger partial charge in [0, 0.05) is 11.9 Å². The van der Waals surface area contributed by atoms with Crippen molar-refractivity contribution in [3.8, 4) is 0 Å². The Morgan fingerprint density at radius 2 is 1.83 bits per heavy atom. The summed E-state index contributed by atoms with van der Waals surface area (Å²) in [5.74, 6) is -1.65. The predicted octanol–water partition coefficient (Wildman–Crippen LogP) is 2.98. The molecule has 0 atom stereocenters. The van der Waals surface area contributed by atoms with Gasteiger partial charge in [0.25, 0.3) is 5.56 Å². The number of hydrogen-bond donors (Lipinski definition) is 3. The fraction of sp³-hybridized carbons (Fsp3) is 0.0588. The van der Waals surface area contributed by atoms with Crippen molar-refractivity contribution in [1.29, 1.82) is 0 Å². The van der Waals surface area contributed by atoms with Gasteiger partial charge in [0.1, 0.15) is 11.4 Å². The highest BCUT2D eigenvalue weighted by atomic mass is 19.1. The number of aromatic amines is 1. The van der Waals surface area contributed by atoms with Gasteiger partial charge in [-0.2, -0.15) is 0 Å². The van der Waals surface area contributed by atoms with Gasteiger partial charge in [0.2, 0.25) is 0 Å². The van der Waals surface area contributed by atoms with Crippen LogP contribution in [0.5, 0.6) is 0 Å². The molecule has 2 aromatic carbocycles. The number of rotatable bonds is 4. The van der Waals surface area contributed by atoms with Crippen LogP contribution in [0, 0.1) is 5.82 Å². The van der Waals surface area contributed by atoms with E-state index in [2.05, 4.69) is 10.3 Å². The summed E-state index contributed by atoms with van der Waals surface area (Å²) in [6, 6.07) is 12.8. The lowest BCUT2D eigenvalue weighted by Crippen LogP contribution is -2.21. The Morgan fingerprint density at radius 3 is 2.52 bits per heavy atom. The molecule has 0 saturated carbocycles. The number of benzene rings is 2. The summed E-state index contributed by atoms with van der Waals surface area (Å²) in [6.07, 6.45) is 0. The van der Waals surface area contributed by atoms with Crippen LogP contribution in [0.2, 0.25) is 0 Å². The molecular weight excluding hydrogens is 299 g/mol. The van der Waals surface area contributed by atoms with Crippen LogP contribution in [0.15, 0.2) is 53.3 Å². The first kappa shape index (κ1) is 14.8. The number of carbonyl (C=O) groups is 1. The molecule has 0 bridgehead atoms. The van der Waals surface area contributed by atoms with Crippen LogP contribution in [0.3, 0.4) is 0 Å². The molecule has 0 aliphatic rings. The number of carboxylic acid groups (broad SMARTS) is 1. The SMILES string of the molecule is O=C(O)c1c(NCc2ccc(F)cc2)c2ccccc2[nH]c1=O. The minimum absolute atomic E-state index is 0.251. The molecule has 0 radical (unpaired) electrons. The molecule has 0 fully saturated rings. The average Bonchev–Trinajstić information content (AvgIpc) is 2.53. The summed E-state index contributed by atoms with van der Waals surface area (Å²) >= 11 is 0. The molecule has 5 nitrogen and oxygen atoms in total. The molecule has 3 N–H and O–H groups in total. The summed E-state index contributed by atoms with van der Waals surface area (Å²) in [7, 11) is 0. The maximum Gasteiger partial charge on any atom is 0.343 e. The van der Waals surface area contributed by atoms with Crippen LogP contribution < -0.4 is 10.9 Å². The minimum Gasteiger partial charge on any atom is -0.477 e. The molecule has 0 aliphatic heterocycles.